The minimum Gasteiger partial charge on any atom is -0.371 e. The van der Waals surface area contributed by atoms with Crippen molar-refractivity contribution in [1.82, 2.24) is 14.7 Å². The summed E-state index contributed by atoms with van der Waals surface area (Å²) in [6.45, 7) is 1.55. The largest absolute Gasteiger partial charge is 0.416 e. The first kappa shape index (κ1) is 16.9. The van der Waals surface area contributed by atoms with Crippen molar-refractivity contribution in [3.63, 3.8) is 0 Å². The Labute approximate surface area is 136 Å². The maximum atomic E-state index is 13.9. The van der Waals surface area contributed by atoms with E-state index >= 15 is 0 Å². The van der Waals surface area contributed by atoms with Gasteiger partial charge in [0.1, 0.15) is 5.82 Å². The zero-order valence-electron chi connectivity index (χ0n) is 13.1. The van der Waals surface area contributed by atoms with Crippen molar-refractivity contribution in [2.24, 2.45) is 7.05 Å². The second kappa shape index (κ2) is 6.52. The molecule has 0 bridgehead atoms. The van der Waals surface area contributed by atoms with Crippen molar-refractivity contribution in [2.75, 3.05) is 19.7 Å². The summed E-state index contributed by atoms with van der Waals surface area (Å²) in [6, 6.07) is 2.51. The summed E-state index contributed by atoms with van der Waals surface area (Å²) < 4.78 is 59.6. The van der Waals surface area contributed by atoms with Gasteiger partial charge in [0.25, 0.3) is 0 Å². The van der Waals surface area contributed by atoms with Gasteiger partial charge in [-0.25, -0.2) is 4.39 Å². The van der Waals surface area contributed by atoms with E-state index < -0.39 is 17.6 Å². The number of nitrogens with zero attached hydrogens (tertiary/aromatic N) is 3. The van der Waals surface area contributed by atoms with E-state index in [0.717, 1.165) is 23.8 Å². The average Bonchev–Trinajstić information content (AvgIpc) is 2.95. The highest BCUT2D eigenvalue weighted by molar-refractivity contribution is 5.27. The molecule has 1 unspecified atom stereocenters. The van der Waals surface area contributed by atoms with Crippen molar-refractivity contribution < 1.29 is 22.3 Å². The number of hydrogen-bond donors (Lipinski definition) is 0. The average molecular weight is 343 g/mol. The Kier molecular flexibility index (Phi) is 4.60. The maximum Gasteiger partial charge on any atom is 0.416 e. The molecule has 1 aliphatic heterocycles. The molecule has 0 aliphatic carbocycles. The minimum atomic E-state index is -4.48. The molecule has 1 aliphatic rings. The number of aryl methyl sites for hydroxylation is 1. The van der Waals surface area contributed by atoms with Crippen LogP contribution in [0.5, 0.6) is 0 Å². The predicted molar refractivity (Wildman–Crippen MR) is 78.6 cm³/mol. The van der Waals surface area contributed by atoms with Crippen LogP contribution in [0.25, 0.3) is 0 Å². The number of morpholine rings is 1. The van der Waals surface area contributed by atoms with E-state index in [1.165, 1.54) is 0 Å². The first-order valence-electron chi connectivity index (χ1n) is 7.51. The van der Waals surface area contributed by atoms with Gasteiger partial charge in [-0.3, -0.25) is 9.58 Å². The van der Waals surface area contributed by atoms with Gasteiger partial charge in [-0.2, -0.15) is 18.3 Å². The molecule has 4 nitrogen and oxygen atoms in total. The molecule has 3 rings (SSSR count). The van der Waals surface area contributed by atoms with Crippen LogP contribution in [0.1, 0.15) is 22.8 Å². The fourth-order valence-corrected chi connectivity index (χ4v) is 2.77. The Morgan fingerprint density at radius 1 is 1.33 bits per heavy atom. The van der Waals surface area contributed by atoms with Crippen molar-refractivity contribution >= 4 is 0 Å². The van der Waals surface area contributed by atoms with Gasteiger partial charge in [-0.05, 0) is 18.2 Å². The van der Waals surface area contributed by atoms with Gasteiger partial charge >= 0.3 is 6.18 Å². The van der Waals surface area contributed by atoms with Gasteiger partial charge in [0.15, 0.2) is 0 Å². The van der Waals surface area contributed by atoms with Crippen LogP contribution in [0, 0.1) is 5.82 Å². The van der Waals surface area contributed by atoms with Crippen LogP contribution >= 0.6 is 0 Å². The summed E-state index contributed by atoms with van der Waals surface area (Å²) in [6.07, 6.45) is -1.18. The molecule has 1 atom stereocenters. The second-order valence-corrected chi connectivity index (χ2v) is 5.85. The van der Waals surface area contributed by atoms with Gasteiger partial charge in [0.2, 0.25) is 0 Å². The Hall–Kier alpha value is -1.93. The monoisotopic (exact) mass is 343 g/mol. The normalized spacial score (nSPS) is 19.6. The summed E-state index contributed by atoms with van der Waals surface area (Å²) >= 11 is 0. The Bertz CT molecular complexity index is 714. The predicted octanol–water partition coefficient (Wildman–Crippen LogP) is 3.15. The number of benzene rings is 1. The first-order valence-corrected chi connectivity index (χ1v) is 7.51. The lowest BCUT2D eigenvalue weighted by Gasteiger charge is -2.32. The standard InChI is InChI=1S/C16H17F4N3O/c1-22-8-12(7-21-22)15-10-23(4-5-24-15)9-11-6-13(16(18,19)20)2-3-14(11)17/h2-3,6-8,15H,4-5,9-10H2,1H3. The SMILES string of the molecule is Cn1cc(C2CN(Cc3cc(C(F)(F)F)ccc3F)CCO2)cn1. The van der Waals surface area contributed by atoms with Crippen LogP contribution in [-0.4, -0.2) is 34.4 Å². The molecule has 24 heavy (non-hydrogen) atoms. The van der Waals surface area contributed by atoms with E-state index in [0.29, 0.717) is 19.7 Å². The first-order chi connectivity index (χ1) is 11.3. The van der Waals surface area contributed by atoms with Crippen LogP contribution in [0.4, 0.5) is 17.6 Å². The van der Waals surface area contributed by atoms with Gasteiger partial charge in [-0.1, -0.05) is 0 Å². The molecule has 1 aromatic carbocycles. The second-order valence-electron chi connectivity index (χ2n) is 5.85. The topological polar surface area (TPSA) is 30.3 Å². The molecule has 0 N–H and O–H groups in total. The lowest BCUT2D eigenvalue weighted by molar-refractivity contribution is -0.137. The van der Waals surface area contributed by atoms with Crippen LogP contribution in [0.15, 0.2) is 30.6 Å². The zero-order chi connectivity index (χ0) is 17.3. The van der Waals surface area contributed by atoms with E-state index in [2.05, 4.69) is 5.10 Å². The zero-order valence-corrected chi connectivity index (χ0v) is 13.1. The van der Waals surface area contributed by atoms with Crippen LogP contribution in [0.3, 0.4) is 0 Å². The van der Waals surface area contributed by atoms with Crippen LogP contribution < -0.4 is 0 Å². The van der Waals surface area contributed by atoms with E-state index in [1.807, 2.05) is 11.1 Å². The molecule has 1 saturated heterocycles. The number of alkyl halides is 3. The number of halogens is 4. The number of aromatic nitrogens is 2. The van der Waals surface area contributed by atoms with Crippen LogP contribution in [0.2, 0.25) is 0 Å². The summed E-state index contributed by atoms with van der Waals surface area (Å²) in [4.78, 5) is 1.89. The Morgan fingerprint density at radius 3 is 2.79 bits per heavy atom. The molecular weight excluding hydrogens is 326 g/mol. The van der Waals surface area contributed by atoms with E-state index in [9.17, 15) is 17.6 Å². The molecule has 0 saturated carbocycles. The third-order valence-electron chi connectivity index (χ3n) is 4.01. The smallest absolute Gasteiger partial charge is 0.371 e. The van der Waals surface area contributed by atoms with Gasteiger partial charge in [-0.15, -0.1) is 0 Å². The molecule has 8 heteroatoms. The van der Waals surface area contributed by atoms with Crippen molar-refractivity contribution in [2.45, 2.75) is 18.8 Å². The molecule has 0 spiro atoms. The van der Waals surface area contributed by atoms with E-state index in [4.69, 9.17) is 4.74 Å². The van der Waals surface area contributed by atoms with Gasteiger partial charge < -0.3 is 4.74 Å². The van der Waals surface area contributed by atoms with Crippen molar-refractivity contribution in [3.05, 3.63) is 53.1 Å². The quantitative estimate of drug-likeness (QED) is 0.802. The molecule has 0 radical (unpaired) electrons. The molecule has 0 amide bonds. The Morgan fingerprint density at radius 2 is 2.12 bits per heavy atom. The fourth-order valence-electron chi connectivity index (χ4n) is 2.77. The third kappa shape index (κ3) is 3.76. The number of rotatable bonds is 3. The fraction of sp³-hybridized carbons (Fsp3) is 0.438. The maximum absolute atomic E-state index is 13.9. The minimum absolute atomic E-state index is 0.0386. The van der Waals surface area contributed by atoms with Gasteiger partial charge in [0, 0.05) is 44.0 Å². The summed E-state index contributed by atoms with van der Waals surface area (Å²) in [5.74, 6) is -0.632. The molecule has 1 fully saturated rings. The lowest BCUT2D eigenvalue weighted by atomic mass is 10.1. The molecule has 130 valence electrons. The molecular formula is C16H17F4N3O. The summed E-state index contributed by atoms with van der Waals surface area (Å²) in [7, 11) is 1.79. The van der Waals surface area contributed by atoms with Crippen LogP contribution in [-0.2, 0) is 24.5 Å². The number of ether oxygens (including phenoxy) is 1. The molecule has 2 heterocycles. The summed E-state index contributed by atoms with van der Waals surface area (Å²) in [5, 5.41) is 4.09. The lowest BCUT2D eigenvalue weighted by Crippen LogP contribution is -2.38. The molecule has 1 aromatic heterocycles. The molecule has 2 aromatic rings. The highest BCUT2D eigenvalue weighted by atomic mass is 19.4. The number of hydrogen-bond acceptors (Lipinski definition) is 3. The highest BCUT2D eigenvalue weighted by Crippen LogP contribution is 2.31. The van der Waals surface area contributed by atoms with Crippen molar-refractivity contribution in [3.8, 4) is 0 Å². The third-order valence-corrected chi connectivity index (χ3v) is 4.01. The Balaban J connectivity index is 1.73. The van der Waals surface area contributed by atoms with Gasteiger partial charge in [0.05, 0.1) is 24.5 Å². The van der Waals surface area contributed by atoms with E-state index in [-0.39, 0.29) is 18.2 Å². The highest BCUT2D eigenvalue weighted by Gasteiger charge is 2.31. The van der Waals surface area contributed by atoms with E-state index in [1.54, 1.807) is 17.9 Å². The summed E-state index contributed by atoms with van der Waals surface area (Å²) in [5.41, 5.74) is 0.0966. The van der Waals surface area contributed by atoms with Crippen molar-refractivity contribution in [1.29, 1.82) is 0 Å².